The fourth-order valence-corrected chi connectivity index (χ4v) is 3.66. The molecule has 1 fully saturated rings. The quantitative estimate of drug-likeness (QED) is 0.306. The number of aliphatic imine (C=N–C) groups is 1. The molecule has 1 aromatic heterocycles. The first-order valence-electron chi connectivity index (χ1n) is 9.71. The molecular formula is C19H24N6O6. The van der Waals surface area contributed by atoms with E-state index in [4.69, 9.17) is 10.5 Å². The molecule has 0 amide bonds. The molecule has 0 aliphatic carbocycles. The summed E-state index contributed by atoms with van der Waals surface area (Å²) in [6, 6.07) is 8.23. The lowest BCUT2D eigenvalue weighted by atomic mass is 10.1. The van der Waals surface area contributed by atoms with Gasteiger partial charge >= 0.3 is 5.97 Å². The van der Waals surface area contributed by atoms with E-state index >= 15 is 0 Å². The molecule has 166 valence electrons. The number of rotatable bonds is 7. The lowest BCUT2D eigenvalue weighted by Crippen LogP contribution is -2.53. The summed E-state index contributed by atoms with van der Waals surface area (Å²) in [7, 11) is 0. The molecule has 12 heteroatoms. The molecule has 6 atom stereocenters. The number of carbonyl (C=O) groups is 1. The lowest BCUT2D eigenvalue weighted by molar-refractivity contribution is -0.140. The van der Waals surface area contributed by atoms with Crippen LogP contribution in [0.5, 0.6) is 0 Å². The first kappa shape index (κ1) is 21.4. The molecule has 31 heavy (non-hydrogen) atoms. The SMILES string of the molecule is NC1c2ncn([C@H]3O[C@@H](CO)C(O)C3O)c2N=CN1N[C@H](Cc1ccccc1)C(=O)O. The highest BCUT2D eigenvalue weighted by atomic mass is 16.6. The van der Waals surface area contributed by atoms with Crippen molar-refractivity contribution in [2.45, 2.75) is 43.2 Å². The third kappa shape index (κ3) is 4.04. The number of fused-ring (bicyclic) bond motifs is 1. The molecule has 0 spiro atoms. The molecule has 1 saturated heterocycles. The number of carboxylic acids is 1. The van der Waals surface area contributed by atoms with Gasteiger partial charge in [-0.1, -0.05) is 30.3 Å². The van der Waals surface area contributed by atoms with Crippen molar-refractivity contribution in [1.82, 2.24) is 20.0 Å². The second kappa shape index (κ2) is 8.70. The smallest absolute Gasteiger partial charge is 0.322 e. The third-order valence-electron chi connectivity index (χ3n) is 5.36. The van der Waals surface area contributed by atoms with E-state index in [0.29, 0.717) is 11.5 Å². The second-order valence-corrected chi connectivity index (χ2v) is 7.40. The average Bonchev–Trinajstić information content (AvgIpc) is 3.31. The van der Waals surface area contributed by atoms with Crippen LogP contribution < -0.4 is 11.2 Å². The predicted molar refractivity (Wildman–Crippen MR) is 107 cm³/mol. The zero-order valence-corrected chi connectivity index (χ0v) is 16.4. The molecule has 3 unspecified atom stereocenters. The Balaban J connectivity index is 1.51. The number of nitrogens with zero attached hydrogens (tertiary/aromatic N) is 4. The summed E-state index contributed by atoms with van der Waals surface area (Å²) >= 11 is 0. The molecule has 2 aliphatic heterocycles. The Hall–Kier alpha value is -2.87. The molecular weight excluding hydrogens is 408 g/mol. The largest absolute Gasteiger partial charge is 0.480 e. The topological polar surface area (TPSA) is 179 Å². The fraction of sp³-hybridized carbons (Fsp3) is 0.421. The molecule has 0 radical (unpaired) electrons. The summed E-state index contributed by atoms with van der Waals surface area (Å²) in [5, 5.41) is 40.5. The first-order chi connectivity index (χ1) is 14.9. The zero-order chi connectivity index (χ0) is 22.1. The maximum Gasteiger partial charge on any atom is 0.322 e. The van der Waals surface area contributed by atoms with Crippen LogP contribution in [0.2, 0.25) is 0 Å². The van der Waals surface area contributed by atoms with Gasteiger partial charge in [0.15, 0.2) is 12.0 Å². The van der Waals surface area contributed by atoms with Crippen molar-refractivity contribution in [3.63, 3.8) is 0 Å². The van der Waals surface area contributed by atoms with Gasteiger partial charge in [-0.25, -0.2) is 15.4 Å². The van der Waals surface area contributed by atoms with Gasteiger partial charge in [0.25, 0.3) is 0 Å². The van der Waals surface area contributed by atoms with Gasteiger partial charge in [-0.05, 0) is 5.56 Å². The van der Waals surface area contributed by atoms with Gasteiger partial charge in [0.2, 0.25) is 0 Å². The van der Waals surface area contributed by atoms with Crippen LogP contribution in [-0.4, -0.2) is 78.3 Å². The number of hydrogen-bond donors (Lipinski definition) is 6. The van der Waals surface area contributed by atoms with Crippen molar-refractivity contribution >= 4 is 18.1 Å². The number of carboxylic acid groups (broad SMARTS) is 1. The minimum atomic E-state index is -1.29. The summed E-state index contributed by atoms with van der Waals surface area (Å²) in [5.74, 6) is -0.748. The number of aromatic nitrogens is 2. The predicted octanol–water partition coefficient (Wildman–Crippen LogP) is -1.37. The summed E-state index contributed by atoms with van der Waals surface area (Å²) in [4.78, 5) is 20.3. The maximum absolute atomic E-state index is 11.8. The summed E-state index contributed by atoms with van der Waals surface area (Å²) in [5.41, 5.74) is 10.3. The number of aliphatic hydroxyl groups excluding tert-OH is 3. The number of aliphatic carboxylic acids is 1. The first-order valence-corrected chi connectivity index (χ1v) is 9.71. The monoisotopic (exact) mass is 432 g/mol. The average molecular weight is 432 g/mol. The van der Waals surface area contributed by atoms with Crippen molar-refractivity contribution < 1.29 is 30.0 Å². The van der Waals surface area contributed by atoms with Crippen molar-refractivity contribution in [2.75, 3.05) is 6.61 Å². The van der Waals surface area contributed by atoms with Gasteiger partial charge in [-0.2, -0.15) is 0 Å². The normalized spacial score (nSPS) is 28.5. The number of nitrogens with one attached hydrogen (secondary N) is 1. The molecule has 0 bridgehead atoms. The Labute approximate surface area is 177 Å². The van der Waals surface area contributed by atoms with E-state index in [0.717, 1.165) is 5.56 Å². The Morgan fingerprint density at radius 2 is 2.00 bits per heavy atom. The van der Waals surface area contributed by atoms with E-state index in [1.165, 1.54) is 22.2 Å². The number of nitrogens with two attached hydrogens (primary N) is 1. The Morgan fingerprint density at radius 3 is 2.65 bits per heavy atom. The number of aliphatic hydroxyl groups is 3. The van der Waals surface area contributed by atoms with Crippen LogP contribution in [0, 0.1) is 0 Å². The highest BCUT2D eigenvalue weighted by molar-refractivity contribution is 5.74. The maximum atomic E-state index is 11.8. The highest BCUT2D eigenvalue weighted by Crippen LogP contribution is 2.36. The van der Waals surface area contributed by atoms with E-state index in [1.54, 1.807) is 0 Å². The minimum absolute atomic E-state index is 0.233. The highest BCUT2D eigenvalue weighted by Gasteiger charge is 2.45. The zero-order valence-electron chi connectivity index (χ0n) is 16.4. The standard InChI is InChI=1S/C19H24N6O6/c20-16-13-17(24(8-21-13)18-15(28)14(27)12(7-26)31-18)22-9-25(16)23-11(19(29)30)6-10-4-2-1-3-5-10/h1-5,8-9,11-12,14-16,18,23,26-28H,6-7,20H2,(H,29,30)/t11-,12+,14?,15?,16?,18+/m1/s1. The summed E-state index contributed by atoms with van der Waals surface area (Å²) in [6.45, 7) is -0.454. The third-order valence-corrected chi connectivity index (χ3v) is 5.36. The summed E-state index contributed by atoms with van der Waals surface area (Å²) in [6.07, 6.45) is -2.41. The van der Waals surface area contributed by atoms with E-state index < -0.39 is 49.3 Å². The summed E-state index contributed by atoms with van der Waals surface area (Å²) < 4.78 is 6.94. The molecule has 2 aromatic rings. The van der Waals surface area contributed by atoms with Gasteiger partial charge in [0.1, 0.15) is 42.6 Å². The molecule has 4 rings (SSSR count). The lowest BCUT2D eigenvalue weighted by Gasteiger charge is -2.32. The molecule has 1 aromatic carbocycles. The van der Waals surface area contributed by atoms with E-state index in [9.17, 15) is 25.2 Å². The number of hydrogen-bond acceptors (Lipinski definition) is 10. The molecule has 0 saturated carbocycles. The van der Waals surface area contributed by atoms with Crippen molar-refractivity contribution in [3.8, 4) is 0 Å². The van der Waals surface area contributed by atoms with Gasteiger partial charge in [0, 0.05) is 6.42 Å². The van der Waals surface area contributed by atoms with Crippen LogP contribution in [0.4, 0.5) is 5.82 Å². The van der Waals surface area contributed by atoms with Gasteiger partial charge < -0.3 is 30.9 Å². The molecule has 12 nitrogen and oxygen atoms in total. The van der Waals surface area contributed by atoms with Crippen LogP contribution in [0.3, 0.4) is 0 Å². The van der Waals surface area contributed by atoms with E-state index in [2.05, 4.69) is 15.4 Å². The minimum Gasteiger partial charge on any atom is -0.480 e. The second-order valence-electron chi connectivity index (χ2n) is 7.40. The number of ether oxygens (including phenoxy) is 1. The van der Waals surface area contributed by atoms with Crippen LogP contribution >= 0.6 is 0 Å². The molecule has 2 aliphatic rings. The molecule has 3 heterocycles. The van der Waals surface area contributed by atoms with Crippen LogP contribution in [0.15, 0.2) is 41.7 Å². The Kier molecular flexibility index (Phi) is 6.00. The van der Waals surface area contributed by atoms with E-state index in [1.807, 2.05) is 30.3 Å². The van der Waals surface area contributed by atoms with Crippen molar-refractivity contribution in [1.29, 1.82) is 0 Å². The van der Waals surface area contributed by atoms with Crippen LogP contribution in [-0.2, 0) is 16.0 Å². The Bertz CT molecular complexity index is 953. The van der Waals surface area contributed by atoms with Gasteiger partial charge in [0.05, 0.1) is 12.9 Å². The van der Waals surface area contributed by atoms with Crippen molar-refractivity contribution in [2.24, 2.45) is 10.7 Å². The fourth-order valence-electron chi connectivity index (χ4n) is 3.66. The van der Waals surface area contributed by atoms with Gasteiger partial charge in [-0.15, -0.1) is 0 Å². The Morgan fingerprint density at radius 1 is 1.26 bits per heavy atom. The number of benzene rings is 1. The van der Waals surface area contributed by atoms with Crippen LogP contribution in [0.1, 0.15) is 23.7 Å². The van der Waals surface area contributed by atoms with Crippen molar-refractivity contribution in [3.05, 3.63) is 47.9 Å². The van der Waals surface area contributed by atoms with E-state index in [-0.39, 0.29) is 6.42 Å². The molecule has 7 N–H and O–H groups in total. The van der Waals surface area contributed by atoms with Crippen LogP contribution in [0.25, 0.3) is 0 Å². The number of imidazole rings is 1. The van der Waals surface area contributed by atoms with Gasteiger partial charge in [-0.3, -0.25) is 14.4 Å². The number of hydrazine groups is 1.